The Labute approximate surface area is 130 Å². The van der Waals surface area contributed by atoms with Crippen molar-refractivity contribution in [3.05, 3.63) is 0 Å². The van der Waals surface area contributed by atoms with Crippen LogP contribution in [0.15, 0.2) is 0 Å². The SMILES string of the molecule is CC(C)C[C@H](NC(=O)CNC(=O)CN(C)S(C)(=O)=O)C(=O)O. The average Bonchev–Trinajstić information content (AvgIpc) is 2.33. The van der Waals surface area contributed by atoms with E-state index in [9.17, 15) is 22.8 Å². The van der Waals surface area contributed by atoms with Crippen molar-refractivity contribution >= 4 is 27.8 Å². The summed E-state index contributed by atoms with van der Waals surface area (Å²) >= 11 is 0. The lowest BCUT2D eigenvalue weighted by Gasteiger charge is -2.17. The second kappa shape index (κ2) is 8.69. The van der Waals surface area contributed by atoms with E-state index >= 15 is 0 Å². The summed E-state index contributed by atoms with van der Waals surface area (Å²) in [5.74, 6) is -2.37. The Morgan fingerprint density at radius 3 is 2.14 bits per heavy atom. The maximum atomic E-state index is 11.6. The zero-order chi connectivity index (χ0) is 17.5. The van der Waals surface area contributed by atoms with Gasteiger partial charge in [-0.3, -0.25) is 9.59 Å². The molecule has 2 amide bonds. The first-order chi connectivity index (χ1) is 9.93. The zero-order valence-electron chi connectivity index (χ0n) is 13.1. The fourth-order valence-corrected chi connectivity index (χ4v) is 1.84. The molecule has 0 bridgehead atoms. The second-order valence-electron chi connectivity index (χ2n) is 5.38. The Kier molecular flexibility index (Phi) is 8.02. The van der Waals surface area contributed by atoms with Crippen LogP contribution < -0.4 is 10.6 Å². The third kappa shape index (κ3) is 8.57. The fourth-order valence-electron chi connectivity index (χ4n) is 1.49. The highest BCUT2D eigenvalue weighted by Crippen LogP contribution is 2.04. The van der Waals surface area contributed by atoms with Crippen LogP contribution in [0.2, 0.25) is 0 Å². The molecular weight excluding hydrogens is 314 g/mol. The van der Waals surface area contributed by atoms with Crippen molar-refractivity contribution in [2.75, 3.05) is 26.4 Å². The van der Waals surface area contributed by atoms with Gasteiger partial charge in [0.2, 0.25) is 21.8 Å². The summed E-state index contributed by atoms with van der Waals surface area (Å²) in [5.41, 5.74) is 0. The molecule has 0 aromatic rings. The van der Waals surface area contributed by atoms with Crippen molar-refractivity contribution in [1.29, 1.82) is 0 Å². The quantitative estimate of drug-likeness (QED) is 0.474. The number of nitrogens with zero attached hydrogens (tertiary/aromatic N) is 1. The normalized spacial score (nSPS) is 13.0. The molecule has 22 heavy (non-hydrogen) atoms. The molecule has 0 saturated carbocycles. The summed E-state index contributed by atoms with van der Waals surface area (Å²) in [6, 6.07) is -1.02. The number of carbonyl (C=O) groups excluding carboxylic acids is 2. The molecule has 3 N–H and O–H groups in total. The van der Waals surface area contributed by atoms with Crippen LogP contribution in [0.4, 0.5) is 0 Å². The highest BCUT2D eigenvalue weighted by molar-refractivity contribution is 7.88. The predicted molar refractivity (Wildman–Crippen MR) is 79.5 cm³/mol. The standard InChI is InChI=1S/C12H23N3O6S/c1-8(2)5-9(12(18)19)14-10(16)6-13-11(17)7-15(3)22(4,20)21/h8-9H,5-7H2,1-4H3,(H,13,17)(H,14,16)(H,18,19)/t9-/m0/s1. The van der Waals surface area contributed by atoms with Gasteiger partial charge in [0, 0.05) is 7.05 Å². The molecule has 0 rings (SSSR count). The van der Waals surface area contributed by atoms with E-state index in [0.29, 0.717) is 0 Å². The van der Waals surface area contributed by atoms with Crippen LogP contribution in [0.3, 0.4) is 0 Å². The smallest absolute Gasteiger partial charge is 0.326 e. The van der Waals surface area contributed by atoms with Crippen molar-refractivity contribution in [3.8, 4) is 0 Å². The number of likely N-dealkylation sites (N-methyl/N-ethyl adjacent to an activating group) is 1. The second-order valence-corrected chi connectivity index (χ2v) is 7.47. The van der Waals surface area contributed by atoms with Crippen LogP contribution >= 0.6 is 0 Å². The first-order valence-corrected chi connectivity index (χ1v) is 8.48. The number of nitrogens with one attached hydrogen (secondary N) is 2. The maximum Gasteiger partial charge on any atom is 0.326 e. The molecule has 0 aromatic heterocycles. The Hall–Kier alpha value is -1.68. The Bertz CT molecular complexity index is 517. The molecule has 0 unspecified atom stereocenters. The van der Waals surface area contributed by atoms with Gasteiger partial charge in [-0.2, -0.15) is 4.31 Å². The zero-order valence-corrected chi connectivity index (χ0v) is 13.9. The maximum absolute atomic E-state index is 11.6. The lowest BCUT2D eigenvalue weighted by Crippen LogP contribution is -2.47. The molecule has 0 aromatic carbocycles. The number of rotatable bonds is 9. The number of hydrogen-bond donors (Lipinski definition) is 3. The number of carboxylic acid groups (broad SMARTS) is 1. The van der Waals surface area contributed by atoms with Gasteiger partial charge in [0.05, 0.1) is 19.3 Å². The first kappa shape index (κ1) is 20.3. The van der Waals surface area contributed by atoms with Crippen molar-refractivity contribution in [1.82, 2.24) is 14.9 Å². The number of amides is 2. The Balaban J connectivity index is 4.32. The highest BCUT2D eigenvalue weighted by atomic mass is 32.2. The average molecular weight is 337 g/mol. The van der Waals surface area contributed by atoms with Crippen molar-refractivity contribution in [3.63, 3.8) is 0 Å². The number of carbonyl (C=O) groups is 3. The van der Waals surface area contributed by atoms with E-state index < -0.39 is 46.9 Å². The summed E-state index contributed by atoms with van der Waals surface area (Å²) < 4.78 is 23.1. The van der Waals surface area contributed by atoms with Crippen molar-refractivity contribution < 1.29 is 27.9 Å². The Morgan fingerprint density at radius 1 is 1.18 bits per heavy atom. The first-order valence-electron chi connectivity index (χ1n) is 6.63. The van der Waals surface area contributed by atoms with Gasteiger partial charge >= 0.3 is 5.97 Å². The minimum atomic E-state index is -3.49. The fraction of sp³-hybridized carbons (Fsp3) is 0.750. The van der Waals surface area contributed by atoms with Gasteiger partial charge in [-0.25, -0.2) is 13.2 Å². The number of carboxylic acids is 1. The van der Waals surface area contributed by atoms with Gasteiger partial charge in [-0.1, -0.05) is 13.8 Å². The number of sulfonamides is 1. The largest absolute Gasteiger partial charge is 0.480 e. The molecule has 0 spiro atoms. The molecule has 10 heteroatoms. The van der Waals surface area contributed by atoms with E-state index in [-0.39, 0.29) is 12.3 Å². The van der Waals surface area contributed by atoms with Gasteiger partial charge in [-0.05, 0) is 12.3 Å². The van der Waals surface area contributed by atoms with Crippen LogP contribution in [-0.2, 0) is 24.4 Å². The third-order valence-electron chi connectivity index (χ3n) is 2.72. The molecular formula is C12H23N3O6S. The van der Waals surface area contributed by atoms with E-state index in [2.05, 4.69) is 10.6 Å². The molecule has 0 heterocycles. The summed E-state index contributed by atoms with van der Waals surface area (Å²) in [6.07, 6.45) is 1.22. The van der Waals surface area contributed by atoms with E-state index in [1.54, 1.807) is 0 Å². The molecule has 9 nitrogen and oxygen atoms in total. The van der Waals surface area contributed by atoms with Crippen LogP contribution in [0.25, 0.3) is 0 Å². The number of hydrogen-bond acceptors (Lipinski definition) is 5. The molecule has 1 atom stereocenters. The van der Waals surface area contributed by atoms with Crippen molar-refractivity contribution in [2.24, 2.45) is 5.92 Å². The summed E-state index contributed by atoms with van der Waals surface area (Å²) in [6.45, 7) is 2.81. The predicted octanol–water partition coefficient (Wildman–Crippen LogP) is -1.39. The molecule has 0 aliphatic rings. The molecule has 128 valence electrons. The minimum absolute atomic E-state index is 0.0828. The lowest BCUT2D eigenvalue weighted by molar-refractivity contribution is -0.142. The summed E-state index contributed by atoms with van der Waals surface area (Å²) in [5, 5.41) is 13.5. The van der Waals surface area contributed by atoms with Crippen molar-refractivity contribution in [2.45, 2.75) is 26.3 Å². The van der Waals surface area contributed by atoms with Gasteiger partial charge in [0.25, 0.3) is 0 Å². The molecule has 0 saturated heterocycles. The Morgan fingerprint density at radius 2 is 1.73 bits per heavy atom. The van der Waals surface area contributed by atoms with Crippen LogP contribution in [0.5, 0.6) is 0 Å². The van der Waals surface area contributed by atoms with Crippen LogP contribution in [0.1, 0.15) is 20.3 Å². The molecule has 0 aliphatic heterocycles. The monoisotopic (exact) mass is 337 g/mol. The number of aliphatic carboxylic acids is 1. The van der Waals surface area contributed by atoms with Crippen LogP contribution in [-0.4, -0.2) is 68.0 Å². The lowest BCUT2D eigenvalue weighted by atomic mass is 10.0. The van der Waals surface area contributed by atoms with E-state index in [1.165, 1.54) is 7.05 Å². The minimum Gasteiger partial charge on any atom is -0.480 e. The molecule has 0 fully saturated rings. The van der Waals surface area contributed by atoms with Gasteiger partial charge in [0.15, 0.2) is 0 Å². The topological polar surface area (TPSA) is 133 Å². The van der Waals surface area contributed by atoms with E-state index in [4.69, 9.17) is 5.11 Å². The van der Waals surface area contributed by atoms with Gasteiger partial charge in [-0.15, -0.1) is 0 Å². The van der Waals surface area contributed by atoms with E-state index in [0.717, 1.165) is 10.6 Å². The third-order valence-corrected chi connectivity index (χ3v) is 3.98. The molecule has 0 aliphatic carbocycles. The summed E-state index contributed by atoms with van der Waals surface area (Å²) in [7, 11) is -2.25. The summed E-state index contributed by atoms with van der Waals surface area (Å²) in [4.78, 5) is 34.1. The van der Waals surface area contributed by atoms with Crippen LogP contribution in [0, 0.1) is 5.92 Å². The van der Waals surface area contributed by atoms with Gasteiger partial charge < -0.3 is 15.7 Å². The highest BCUT2D eigenvalue weighted by Gasteiger charge is 2.21. The van der Waals surface area contributed by atoms with Gasteiger partial charge in [0.1, 0.15) is 6.04 Å². The molecule has 0 radical (unpaired) electrons. The van der Waals surface area contributed by atoms with E-state index in [1.807, 2.05) is 13.8 Å².